The minimum atomic E-state index is -1.10. The lowest BCUT2D eigenvalue weighted by Gasteiger charge is -2.25. The Bertz CT molecular complexity index is 627. The maximum absolute atomic E-state index is 11.7. The second-order valence-corrected chi connectivity index (χ2v) is 6.85. The van der Waals surface area contributed by atoms with E-state index in [2.05, 4.69) is 15.9 Å². The summed E-state index contributed by atoms with van der Waals surface area (Å²) >= 11 is 4.60. The van der Waals surface area contributed by atoms with Crippen molar-refractivity contribution < 1.29 is 15.0 Å². The number of benzene rings is 2. The molecule has 0 aliphatic rings. The van der Waals surface area contributed by atoms with Gasteiger partial charge in [0, 0.05) is 9.37 Å². The first kappa shape index (κ1) is 14.9. The van der Waals surface area contributed by atoms with Crippen molar-refractivity contribution in [3.63, 3.8) is 0 Å². The lowest BCUT2D eigenvalue weighted by molar-refractivity contribution is -0.139. The number of halogens is 1. The molecule has 1 unspecified atom stereocenters. The van der Waals surface area contributed by atoms with Gasteiger partial charge in [-0.2, -0.15) is 0 Å². The van der Waals surface area contributed by atoms with E-state index in [0.29, 0.717) is 5.56 Å². The Morgan fingerprint density at radius 3 is 2.40 bits per heavy atom. The summed E-state index contributed by atoms with van der Waals surface area (Å²) in [5, 5.41) is 18.9. The molecule has 1 atom stereocenters. The standard InChI is InChI=1S/C15H13BrO3S/c1-15(14(18)19,10-3-2-4-11(16)9-10)20-13-7-5-12(17)6-8-13/h2-9,17H,1H3,(H,18,19). The number of carbonyl (C=O) groups is 1. The number of aliphatic carboxylic acids is 1. The van der Waals surface area contributed by atoms with Crippen LogP contribution in [0.25, 0.3) is 0 Å². The van der Waals surface area contributed by atoms with E-state index in [-0.39, 0.29) is 5.75 Å². The minimum absolute atomic E-state index is 0.161. The highest BCUT2D eigenvalue weighted by atomic mass is 79.9. The van der Waals surface area contributed by atoms with Crippen LogP contribution in [0.3, 0.4) is 0 Å². The van der Waals surface area contributed by atoms with Crippen molar-refractivity contribution in [2.45, 2.75) is 16.6 Å². The van der Waals surface area contributed by atoms with Crippen molar-refractivity contribution in [1.29, 1.82) is 0 Å². The van der Waals surface area contributed by atoms with Crippen LogP contribution >= 0.6 is 27.7 Å². The van der Waals surface area contributed by atoms with Crippen LogP contribution in [0.5, 0.6) is 5.75 Å². The third kappa shape index (κ3) is 3.16. The fraction of sp³-hybridized carbons (Fsp3) is 0.133. The predicted octanol–water partition coefficient (Wildman–Crippen LogP) is 4.25. The number of hydrogen-bond acceptors (Lipinski definition) is 3. The first-order valence-corrected chi connectivity index (χ1v) is 7.50. The van der Waals surface area contributed by atoms with Crippen LogP contribution < -0.4 is 0 Å². The Kier molecular flexibility index (Phi) is 4.40. The van der Waals surface area contributed by atoms with E-state index in [9.17, 15) is 15.0 Å². The number of phenolic OH excluding ortho intramolecular Hbond substituents is 1. The summed E-state index contributed by atoms with van der Waals surface area (Å²) in [7, 11) is 0. The Balaban J connectivity index is 2.39. The van der Waals surface area contributed by atoms with Crippen LogP contribution in [0.1, 0.15) is 12.5 Å². The van der Waals surface area contributed by atoms with Gasteiger partial charge in [-0.25, -0.2) is 0 Å². The zero-order valence-electron chi connectivity index (χ0n) is 10.7. The highest BCUT2D eigenvalue weighted by Gasteiger charge is 2.36. The summed E-state index contributed by atoms with van der Waals surface area (Å²) in [5.74, 6) is -0.748. The summed E-state index contributed by atoms with van der Waals surface area (Å²) in [6, 6.07) is 13.8. The average Bonchev–Trinajstić information content (AvgIpc) is 2.41. The van der Waals surface area contributed by atoms with E-state index < -0.39 is 10.7 Å². The molecule has 0 bridgehead atoms. The van der Waals surface area contributed by atoms with Crippen molar-refractivity contribution in [1.82, 2.24) is 0 Å². The van der Waals surface area contributed by atoms with E-state index in [1.807, 2.05) is 18.2 Å². The second-order valence-electron chi connectivity index (χ2n) is 4.44. The molecule has 0 radical (unpaired) electrons. The van der Waals surface area contributed by atoms with Crippen molar-refractivity contribution >= 4 is 33.7 Å². The van der Waals surface area contributed by atoms with Crippen LogP contribution in [-0.2, 0) is 9.54 Å². The molecule has 20 heavy (non-hydrogen) atoms. The molecular weight excluding hydrogens is 340 g/mol. The summed E-state index contributed by atoms with van der Waals surface area (Å²) < 4.78 is -0.255. The first-order chi connectivity index (χ1) is 9.41. The molecule has 0 spiro atoms. The number of carboxylic acid groups (broad SMARTS) is 1. The molecule has 0 amide bonds. The van der Waals surface area contributed by atoms with Gasteiger partial charge in [-0.1, -0.05) is 28.1 Å². The van der Waals surface area contributed by atoms with Gasteiger partial charge >= 0.3 is 5.97 Å². The monoisotopic (exact) mass is 352 g/mol. The van der Waals surface area contributed by atoms with Crippen LogP contribution in [0.2, 0.25) is 0 Å². The van der Waals surface area contributed by atoms with Crippen LogP contribution in [0, 0.1) is 0 Å². The van der Waals surface area contributed by atoms with Crippen LogP contribution in [0.15, 0.2) is 57.9 Å². The molecular formula is C15H13BrO3S. The summed E-state index contributed by atoms with van der Waals surface area (Å²) in [6.07, 6.45) is 0. The molecule has 0 aliphatic heterocycles. The number of aromatic hydroxyl groups is 1. The number of hydrogen-bond donors (Lipinski definition) is 2. The van der Waals surface area contributed by atoms with Gasteiger partial charge in [0.05, 0.1) is 0 Å². The van der Waals surface area contributed by atoms with Crippen molar-refractivity contribution in [2.24, 2.45) is 0 Å². The van der Waals surface area contributed by atoms with Gasteiger partial charge in [-0.3, -0.25) is 4.79 Å². The summed E-state index contributed by atoms with van der Waals surface area (Å²) in [4.78, 5) is 12.5. The first-order valence-electron chi connectivity index (χ1n) is 5.89. The third-order valence-corrected chi connectivity index (χ3v) is 4.76. The highest BCUT2D eigenvalue weighted by molar-refractivity contribution is 9.10. The van der Waals surface area contributed by atoms with Gasteiger partial charge in [0.25, 0.3) is 0 Å². The molecule has 0 heterocycles. The quantitative estimate of drug-likeness (QED) is 0.807. The van der Waals surface area contributed by atoms with E-state index in [1.165, 1.54) is 11.8 Å². The fourth-order valence-electron chi connectivity index (χ4n) is 1.76. The number of rotatable bonds is 4. The summed E-state index contributed by atoms with van der Waals surface area (Å²) in [6.45, 7) is 1.68. The lowest BCUT2D eigenvalue weighted by atomic mass is 10.0. The lowest BCUT2D eigenvalue weighted by Crippen LogP contribution is -2.28. The Labute approximate surface area is 129 Å². The molecule has 2 aromatic rings. The molecule has 104 valence electrons. The molecule has 0 saturated carbocycles. The molecule has 0 saturated heterocycles. The fourth-order valence-corrected chi connectivity index (χ4v) is 3.24. The Hall–Kier alpha value is -1.46. The maximum Gasteiger partial charge on any atom is 0.324 e. The topological polar surface area (TPSA) is 57.5 Å². The maximum atomic E-state index is 11.7. The second kappa shape index (κ2) is 5.89. The molecule has 2 aromatic carbocycles. The third-order valence-electron chi connectivity index (χ3n) is 2.94. The van der Waals surface area contributed by atoms with Gasteiger partial charge in [0.15, 0.2) is 0 Å². The predicted molar refractivity (Wildman–Crippen MR) is 83.1 cm³/mol. The van der Waals surface area contributed by atoms with Gasteiger partial charge in [0.1, 0.15) is 10.5 Å². The van der Waals surface area contributed by atoms with Crippen LogP contribution in [0.4, 0.5) is 0 Å². The molecule has 0 aromatic heterocycles. The molecule has 2 N–H and O–H groups in total. The molecule has 0 fully saturated rings. The van der Waals surface area contributed by atoms with Crippen molar-refractivity contribution in [2.75, 3.05) is 0 Å². The Morgan fingerprint density at radius 2 is 1.85 bits per heavy atom. The number of carboxylic acids is 1. The number of thioether (sulfide) groups is 1. The zero-order valence-corrected chi connectivity index (χ0v) is 13.1. The molecule has 2 rings (SSSR count). The van der Waals surface area contributed by atoms with E-state index in [1.54, 1.807) is 37.3 Å². The van der Waals surface area contributed by atoms with E-state index >= 15 is 0 Å². The molecule has 3 nitrogen and oxygen atoms in total. The summed E-state index contributed by atoms with van der Waals surface area (Å²) in [5.41, 5.74) is 0.706. The minimum Gasteiger partial charge on any atom is -0.508 e. The Morgan fingerprint density at radius 1 is 1.20 bits per heavy atom. The molecule has 5 heteroatoms. The van der Waals surface area contributed by atoms with E-state index in [0.717, 1.165) is 9.37 Å². The average molecular weight is 353 g/mol. The van der Waals surface area contributed by atoms with Gasteiger partial charge in [0.2, 0.25) is 0 Å². The molecule has 0 aliphatic carbocycles. The highest BCUT2D eigenvalue weighted by Crippen LogP contribution is 2.42. The van der Waals surface area contributed by atoms with Crippen molar-refractivity contribution in [3.8, 4) is 5.75 Å². The van der Waals surface area contributed by atoms with Gasteiger partial charge < -0.3 is 10.2 Å². The SMILES string of the molecule is CC(Sc1ccc(O)cc1)(C(=O)O)c1cccc(Br)c1. The zero-order chi connectivity index (χ0) is 14.8. The largest absolute Gasteiger partial charge is 0.508 e. The van der Waals surface area contributed by atoms with E-state index in [4.69, 9.17) is 0 Å². The smallest absolute Gasteiger partial charge is 0.324 e. The van der Waals surface area contributed by atoms with Gasteiger partial charge in [-0.15, -0.1) is 11.8 Å². The van der Waals surface area contributed by atoms with Crippen LogP contribution in [-0.4, -0.2) is 16.2 Å². The van der Waals surface area contributed by atoms with Gasteiger partial charge in [-0.05, 0) is 48.9 Å². The number of phenols is 1. The normalized spacial score (nSPS) is 13.7. The van der Waals surface area contributed by atoms with Crippen molar-refractivity contribution in [3.05, 3.63) is 58.6 Å².